The molecule has 1 heterocycles. The Hall–Kier alpha value is -2.99. The van der Waals surface area contributed by atoms with Crippen LogP contribution in [-0.2, 0) is 4.74 Å². The van der Waals surface area contributed by atoms with Crippen LogP contribution in [-0.4, -0.2) is 29.5 Å². The van der Waals surface area contributed by atoms with E-state index in [-0.39, 0.29) is 39.0 Å². The van der Waals surface area contributed by atoms with Gasteiger partial charge in [0.25, 0.3) is 0 Å². The molecule has 31 heavy (non-hydrogen) atoms. The number of phenolic OH excluding ortho intramolecular Hbond substituents is 2. The van der Waals surface area contributed by atoms with E-state index in [0.717, 1.165) is 24.8 Å². The van der Waals surface area contributed by atoms with Crippen molar-refractivity contribution in [1.29, 1.82) is 0 Å². The highest BCUT2D eigenvalue weighted by Gasteiger charge is 2.17. The molecule has 0 aliphatic carbocycles. The topological polar surface area (TPSA) is 89.1 Å². The van der Waals surface area contributed by atoms with Crippen molar-refractivity contribution in [2.45, 2.75) is 52.6 Å². The van der Waals surface area contributed by atoms with E-state index in [0.29, 0.717) is 12.4 Å². The number of allylic oxidation sites excluding steroid dienone is 1. The summed E-state index contributed by atoms with van der Waals surface area (Å²) in [6, 6.07) is 6.14. The quantitative estimate of drug-likeness (QED) is 0.361. The number of fused-ring (bicyclic) bond motifs is 2. The lowest BCUT2D eigenvalue weighted by Crippen LogP contribution is -2.21. The molecule has 1 aromatic heterocycles. The lowest BCUT2D eigenvalue weighted by atomic mass is 9.99. The average molecular weight is 427 g/mol. The van der Waals surface area contributed by atoms with Crippen LogP contribution < -0.4 is 10.2 Å². The maximum Gasteiger partial charge on any atom is 0.208 e. The van der Waals surface area contributed by atoms with E-state index < -0.39 is 5.43 Å². The summed E-state index contributed by atoms with van der Waals surface area (Å²) in [6.45, 7) is 8.34. The van der Waals surface area contributed by atoms with Crippen LogP contribution in [0.5, 0.6) is 17.2 Å². The summed E-state index contributed by atoms with van der Waals surface area (Å²) < 4.78 is 17.0. The Morgan fingerprint density at radius 2 is 1.74 bits per heavy atom. The lowest BCUT2D eigenvalue weighted by molar-refractivity contribution is 0.0140. The number of hydrogen-bond donors (Lipinski definition) is 2. The van der Waals surface area contributed by atoms with Crippen molar-refractivity contribution in [2.75, 3.05) is 13.7 Å². The van der Waals surface area contributed by atoms with Crippen LogP contribution in [0.1, 0.15) is 45.6 Å². The molecule has 0 aliphatic rings. The molecule has 2 aromatic carbocycles. The maximum absolute atomic E-state index is 12.8. The predicted molar refractivity (Wildman–Crippen MR) is 122 cm³/mol. The minimum Gasteiger partial charge on any atom is -0.507 e. The Balaban J connectivity index is 1.78. The number of rotatable bonds is 8. The van der Waals surface area contributed by atoms with E-state index in [9.17, 15) is 15.0 Å². The van der Waals surface area contributed by atoms with Gasteiger partial charge in [-0.1, -0.05) is 5.57 Å². The summed E-state index contributed by atoms with van der Waals surface area (Å²) in [5.74, 6) is -0.0144. The number of methoxy groups -OCH3 is 1. The van der Waals surface area contributed by atoms with E-state index in [1.54, 1.807) is 26.2 Å². The van der Waals surface area contributed by atoms with Gasteiger partial charge in [-0.3, -0.25) is 4.79 Å². The van der Waals surface area contributed by atoms with Gasteiger partial charge in [-0.05, 0) is 70.7 Å². The van der Waals surface area contributed by atoms with E-state index in [1.807, 2.05) is 6.08 Å². The molecule has 0 radical (unpaired) electrons. The molecule has 0 amide bonds. The smallest absolute Gasteiger partial charge is 0.208 e. The number of benzene rings is 2. The van der Waals surface area contributed by atoms with E-state index in [1.165, 1.54) is 17.7 Å². The van der Waals surface area contributed by atoms with Crippen molar-refractivity contribution in [2.24, 2.45) is 0 Å². The monoisotopic (exact) mass is 426 g/mol. The van der Waals surface area contributed by atoms with Crippen molar-refractivity contribution >= 4 is 21.9 Å². The van der Waals surface area contributed by atoms with Crippen LogP contribution in [0.3, 0.4) is 0 Å². The SMILES string of the molecule is COC(C)(C)CCC/C(C)=C/COc1cc(O)c2c(=O)c3c(O)cc(C)cc3oc2c1. The van der Waals surface area contributed by atoms with Gasteiger partial charge < -0.3 is 24.1 Å². The third kappa shape index (κ3) is 5.20. The van der Waals surface area contributed by atoms with Gasteiger partial charge in [-0.2, -0.15) is 0 Å². The minimum absolute atomic E-state index is 0.0199. The van der Waals surface area contributed by atoms with Gasteiger partial charge >= 0.3 is 0 Å². The van der Waals surface area contributed by atoms with Gasteiger partial charge in [0.1, 0.15) is 45.8 Å². The highest BCUT2D eigenvalue weighted by molar-refractivity contribution is 5.96. The average Bonchev–Trinajstić information content (AvgIpc) is 2.66. The van der Waals surface area contributed by atoms with Crippen molar-refractivity contribution in [1.82, 2.24) is 0 Å². The zero-order valence-corrected chi connectivity index (χ0v) is 18.7. The fourth-order valence-corrected chi connectivity index (χ4v) is 3.53. The van der Waals surface area contributed by atoms with Crippen LogP contribution in [0.4, 0.5) is 0 Å². The van der Waals surface area contributed by atoms with Crippen LogP contribution in [0.15, 0.2) is 45.1 Å². The highest BCUT2D eigenvalue weighted by atomic mass is 16.5. The Morgan fingerprint density at radius 1 is 1.10 bits per heavy atom. The number of aromatic hydroxyl groups is 2. The second-order valence-corrected chi connectivity index (χ2v) is 8.58. The van der Waals surface area contributed by atoms with Crippen molar-refractivity contribution in [3.05, 3.63) is 51.7 Å². The second-order valence-electron chi connectivity index (χ2n) is 8.58. The molecule has 2 N–H and O–H groups in total. The fourth-order valence-electron chi connectivity index (χ4n) is 3.53. The second kappa shape index (κ2) is 9.02. The van der Waals surface area contributed by atoms with Crippen molar-refractivity contribution in [3.63, 3.8) is 0 Å². The number of phenols is 2. The molecule has 0 unspecified atom stereocenters. The molecule has 6 heteroatoms. The molecular weight excluding hydrogens is 396 g/mol. The normalized spacial score (nSPS) is 12.6. The standard InChI is InChI=1S/C25H30O6/c1-15(7-6-9-25(3,4)29-5)8-10-30-17-13-19(27)23-21(14-17)31-20-12-16(2)11-18(26)22(20)24(23)28/h8,11-14,26-27H,6-7,9-10H2,1-5H3/b15-8+. The van der Waals surface area contributed by atoms with Gasteiger partial charge in [0.15, 0.2) is 0 Å². The maximum atomic E-state index is 12.8. The Bertz CT molecular complexity index is 1190. The Labute approximate surface area is 181 Å². The Kier molecular flexibility index (Phi) is 6.60. The number of hydrogen-bond acceptors (Lipinski definition) is 6. The summed E-state index contributed by atoms with van der Waals surface area (Å²) in [5, 5.41) is 20.6. The fraction of sp³-hybridized carbons (Fsp3) is 0.400. The minimum atomic E-state index is -0.479. The number of aryl methyl sites for hydroxylation is 1. The van der Waals surface area contributed by atoms with Gasteiger partial charge in [0, 0.05) is 19.2 Å². The highest BCUT2D eigenvalue weighted by Crippen LogP contribution is 2.33. The molecule has 0 saturated heterocycles. The van der Waals surface area contributed by atoms with Crippen LogP contribution in [0.2, 0.25) is 0 Å². The zero-order chi connectivity index (χ0) is 22.8. The summed E-state index contributed by atoms with van der Waals surface area (Å²) in [7, 11) is 1.73. The Morgan fingerprint density at radius 3 is 2.42 bits per heavy atom. The van der Waals surface area contributed by atoms with Gasteiger partial charge in [0.2, 0.25) is 5.43 Å². The first-order valence-electron chi connectivity index (χ1n) is 10.4. The first kappa shape index (κ1) is 22.7. The van der Waals surface area contributed by atoms with Crippen LogP contribution >= 0.6 is 0 Å². The molecule has 3 rings (SSSR count). The third-order valence-electron chi connectivity index (χ3n) is 5.54. The zero-order valence-electron chi connectivity index (χ0n) is 18.7. The van der Waals surface area contributed by atoms with E-state index in [4.69, 9.17) is 13.9 Å². The van der Waals surface area contributed by atoms with E-state index >= 15 is 0 Å². The summed E-state index contributed by atoms with van der Waals surface area (Å²) in [4.78, 5) is 12.8. The molecule has 0 bridgehead atoms. The molecule has 0 spiro atoms. The number of ether oxygens (including phenoxy) is 2. The molecule has 6 nitrogen and oxygen atoms in total. The van der Waals surface area contributed by atoms with Gasteiger partial charge in [-0.15, -0.1) is 0 Å². The first-order valence-corrected chi connectivity index (χ1v) is 10.4. The first-order chi connectivity index (χ1) is 14.6. The van der Waals surface area contributed by atoms with Gasteiger partial charge in [-0.25, -0.2) is 0 Å². The molecule has 0 aliphatic heterocycles. The molecule has 0 atom stereocenters. The molecule has 166 valence electrons. The van der Waals surface area contributed by atoms with Gasteiger partial charge in [0.05, 0.1) is 5.60 Å². The molecule has 0 saturated carbocycles. The van der Waals surface area contributed by atoms with Crippen molar-refractivity contribution in [3.8, 4) is 17.2 Å². The van der Waals surface area contributed by atoms with E-state index in [2.05, 4.69) is 20.8 Å². The predicted octanol–water partition coefficient (Wildman–Crippen LogP) is 5.59. The molecular formula is C25H30O6. The third-order valence-corrected chi connectivity index (χ3v) is 5.54. The largest absolute Gasteiger partial charge is 0.507 e. The van der Waals surface area contributed by atoms with Crippen molar-refractivity contribution < 1.29 is 24.1 Å². The summed E-state index contributed by atoms with van der Waals surface area (Å²) in [5.41, 5.74) is 1.84. The molecule has 3 aromatic rings. The van der Waals surface area contributed by atoms with Crippen LogP contribution in [0, 0.1) is 6.92 Å². The molecule has 0 fully saturated rings. The van der Waals surface area contributed by atoms with Crippen LogP contribution in [0.25, 0.3) is 21.9 Å². The summed E-state index contributed by atoms with van der Waals surface area (Å²) >= 11 is 0. The summed E-state index contributed by atoms with van der Waals surface area (Å²) in [6.07, 6.45) is 4.93. The lowest BCUT2D eigenvalue weighted by Gasteiger charge is -2.22.